The lowest BCUT2D eigenvalue weighted by Gasteiger charge is -2.40. The molecular weight excluding hydrogens is 196 g/mol. The van der Waals surface area contributed by atoms with Crippen LogP contribution in [-0.4, -0.2) is 49.6 Å². The first kappa shape index (κ1) is 10.4. The Morgan fingerprint density at radius 3 is 3.07 bits per heavy atom. The molecule has 0 aliphatic carbocycles. The third-order valence-electron chi connectivity index (χ3n) is 3.22. The average Bonchev–Trinajstić information content (AvgIpc) is 2.28. The van der Waals surface area contributed by atoms with Crippen LogP contribution in [0, 0.1) is 5.92 Å². The number of carbonyl (C=O) groups excluding carboxylic acids is 2. The molecule has 0 radical (unpaired) electrons. The lowest BCUT2D eigenvalue weighted by molar-refractivity contribution is -0.150. The average molecular weight is 212 g/mol. The van der Waals surface area contributed by atoms with E-state index in [1.165, 1.54) is 7.11 Å². The van der Waals surface area contributed by atoms with Gasteiger partial charge in [-0.1, -0.05) is 0 Å². The molecule has 1 N–H and O–H groups in total. The Labute approximate surface area is 88.8 Å². The number of rotatable bonds is 1. The van der Waals surface area contributed by atoms with E-state index >= 15 is 0 Å². The minimum atomic E-state index is -0.153. The zero-order valence-electron chi connectivity index (χ0n) is 8.86. The van der Waals surface area contributed by atoms with Crippen LogP contribution in [0.1, 0.15) is 12.8 Å². The van der Waals surface area contributed by atoms with E-state index in [0.29, 0.717) is 13.1 Å². The lowest BCUT2D eigenvalue weighted by Crippen LogP contribution is -2.59. The molecule has 5 heteroatoms. The Kier molecular flexibility index (Phi) is 2.90. The van der Waals surface area contributed by atoms with Crippen molar-refractivity contribution < 1.29 is 14.3 Å². The summed E-state index contributed by atoms with van der Waals surface area (Å²) in [7, 11) is 1.41. The van der Waals surface area contributed by atoms with Crippen molar-refractivity contribution in [3.8, 4) is 0 Å². The minimum absolute atomic E-state index is 0.0281. The highest BCUT2D eigenvalue weighted by molar-refractivity contribution is 5.83. The normalized spacial score (nSPS) is 31.7. The van der Waals surface area contributed by atoms with Gasteiger partial charge < -0.3 is 10.1 Å². The van der Waals surface area contributed by atoms with Gasteiger partial charge in [-0.15, -0.1) is 0 Å². The summed E-state index contributed by atoms with van der Waals surface area (Å²) in [5.74, 6) is -0.110. The van der Waals surface area contributed by atoms with Gasteiger partial charge in [0.2, 0.25) is 5.91 Å². The molecule has 1 amide bonds. The fourth-order valence-corrected chi connectivity index (χ4v) is 2.39. The third-order valence-corrected chi connectivity index (χ3v) is 3.22. The van der Waals surface area contributed by atoms with Gasteiger partial charge in [0.05, 0.1) is 19.1 Å². The molecular formula is C10H16N2O3. The van der Waals surface area contributed by atoms with Crippen LogP contribution in [0.15, 0.2) is 0 Å². The number of amides is 1. The highest BCUT2D eigenvalue weighted by Crippen LogP contribution is 2.24. The summed E-state index contributed by atoms with van der Waals surface area (Å²) in [5, 5.41) is 2.84. The molecule has 0 unspecified atom stereocenters. The maximum Gasteiger partial charge on any atom is 0.309 e. The summed E-state index contributed by atoms with van der Waals surface area (Å²) >= 11 is 0. The van der Waals surface area contributed by atoms with Crippen LogP contribution in [0.5, 0.6) is 0 Å². The topological polar surface area (TPSA) is 58.6 Å². The van der Waals surface area contributed by atoms with Crippen molar-refractivity contribution in [2.45, 2.75) is 18.9 Å². The smallest absolute Gasteiger partial charge is 0.309 e. The summed E-state index contributed by atoms with van der Waals surface area (Å²) < 4.78 is 4.73. The second-order valence-corrected chi connectivity index (χ2v) is 4.10. The Hall–Kier alpha value is -1.10. The fourth-order valence-electron chi connectivity index (χ4n) is 2.39. The first-order chi connectivity index (χ1) is 7.22. The maximum absolute atomic E-state index is 11.5. The molecule has 2 atom stereocenters. The van der Waals surface area contributed by atoms with Gasteiger partial charge in [0.1, 0.15) is 0 Å². The van der Waals surface area contributed by atoms with Crippen LogP contribution >= 0.6 is 0 Å². The monoisotopic (exact) mass is 212 g/mol. The van der Waals surface area contributed by atoms with E-state index in [2.05, 4.69) is 10.2 Å². The molecule has 0 aromatic rings. The zero-order chi connectivity index (χ0) is 10.8. The van der Waals surface area contributed by atoms with Crippen molar-refractivity contribution >= 4 is 11.9 Å². The highest BCUT2D eigenvalue weighted by atomic mass is 16.5. The van der Waals surface area contributed by atoms with Gasteiger partial charge in [0.15, 0.2) is 0 Å². The molecule has 2 saturated heterocycles. The summed E-state index contributed by atoms with van der Waals surface area (Å²) in [6.45, 7) is 2.18. The molecule has 15 heavy (non-hydrogen) atoms. The molecule has 2 aliphatic heterocycles. The highest BCUT2D eigenvalue weighted by Gasteiger charge is 2.37. The van der Waals surface area contributed by atoms with Gasteiger partial charge in [-0.2, -0.15) is 0 Å². The quantitative estimate of drug-likeness (QED) is 0.588. The molecule has 84 valence electrons. The predicted octanol–water partition coefficient (Wildman–Crippen LogP) is -0.630. The molecule has 0 aromatic heterocycles. The molecule has 0 spiro atoms. The van der Waals surface area contributed by atoms with Crippen molar-refractivity contribution in [2.24, 2.45) is 5.92 Å². The van der Waals surface area contributed by atoms with Gasteiger partial charge in [-0.25, -0.2) is 0 Å². The molecule has 2 fully saturated rings. The lowest BCUT2D eigenvalue weighted by atomic mass is 9.91. The molecule has 5 nitrogen and oxygen atoms in total. The number of fused-ring (bicyclic) bond motifs is 1. The van der Waals surface area contributed by atoms with Crippen molar-refractivity contribution in [3.63, 3.8) is 0 Å². The van der Waals surface area contributed by atoms with E-state index in [1.54, 1.807) is 0 Å². The van der Waals surface area contributed by atoms with Crippen molar-refractivity contribution in [1.29, 1.82) is 0 Å². The second kappa shape index (κ2) is 4.18. The predicted molar refractivity (Wildman–Crippen MR) is 53.1 cm³/mol. The van der Waals surface area contributed by atoms with Crippen LogP contribution in [0.4, 0.5) is 0 Å². The SMILES string of the molecule is COC(=O)[C@H]1CC[C@@H]2C(=O)NCCN2C1. The molecule has 0 saturated carbocycles. The van der Waals surface area contributed by atoms with Crippen molar-refractivity contribution in [2.75, 3.05) is 26.7 Å². The number of piperidine rings is 1. The van der Waals surface area contributed by atoms with Crippen LogP contribution in [0.3, 0.4) is 0 Å². The van der Waals surface area contributed by atoms with Crippen molar-refractivity contribution in [1.82, 2.24) is 10.2 Å². The number of hydrogen-bond donors (Lipinski definition) is 1. The molecule has 2 rings (SSSR count). The van der Waals surface area contributed by atoms with Gasteiger partial charge in [0, 0.05) is 19.6 Å². The summed E-state index contributed by atoms with van der Waals surface area (Å²) in [5.41, 5.74) is 0. The molecule has 2 aliphatic rings. The summed E-state index contributed by atoms with van der Waals surface area (Å²) in [4.78, 5) is 25.0. The first-order valence-electron chi connectivity index (χ1n) is 5.32. The summed E-state index contributed by atoms with van der Waals surface area (Å²) in [6.07, 6.45) is 1.51. The number of nitrogens with one attached hydrogen (secondary N) is 1. The standard InChI is InChI=1S/C10H16N2O3/c1-15-10(14)7-2-3-8-9(13)11-4-5-12(8)6-7/h7-8H,2-6H2,1H3,(H,11,13)/t7-,8+/m0/s1. The Morgan fingerprint density at radius 2 is 2.33 bits per heavy atom. The Morgan fingerprint density at radius 1 is 1.53 bits per heavy atom. The first-order valence-corrected chi connectivity index (χ1v) is 5.32. The number of nitrogens with zero attached hydrogens (tertiary/aromatic N) is 1. The fraction of sp³-hybridized carbons (Fsp3) is 0.800. The largest absolute Gasteiger partial charge is 0.469 e. The Balaban J connectivity index is 1.99. The molecule has 2 heterocycles. The van der Waals surface area contributed by atoms with Crippen LogP contribution in [-0.2, 0) is 14.3 Å². The second-order valence-electron chi connectivity index (χ2n) is 4.10. The third kappa shape index (κ3) is 1.97. The minimum Gasteiger partial charge on any atom is -0.469 e. The zero-order valence-corrected chi connectivity index (χ0v) is 8.86. The number of hydrogen-bond acceptors (Lipinski definition) is 4. The number of piperazine rings is 1. The van der Waals surface area contributed by atoms with E-state index < -0.39 is 0 Å². The molecule has 0 aromatic carbocycles. The van der Waals surface area contributed by atoms with Crippen LogP contribution < -0.4 is 5.32 Å². The maximum atomic E-state index is 11.5. The van der Waals surface area contributed by atoms with Crippen LogP contribution in [0.2, 0.25) is 0 Å². The molecule has 0 bridgehead atoms. The number of ether oxygens (including phenoxy) is 1. The summed E-state index contributed by atoms with van der Waals surface area (Å²) in [6, 6.07) is -0.0281. The van der Waals surface area contributed by atoms with Gasteiger partial charge in [-0.3, -0.25) is 14.5 Å². The Bertz CT molecular complexity index is 280. The number of esters is 1. The van der Waals surface area contributed by atoms with E-state index in [0.717, 1.165) is 19.4 Å². The van der Waals surface area contributed by atoms with E-state index in [4.69, 9.17) is 4.74 Å². The van der Waals surface area contributed by atoms with Crippen LogP contribution in [0.25, 0.3) is 0 Å². The van der Waals surface area contributed by atoms with Gasteiger partial charge in [0.25, 0.3) is 0 Å². The van der Waals surface area contributed by atoms with E-state index in [1.807, 2.05) is 0 Å². The van der Waals surface area contributed by atoms with E-state index in [9.17, 15) is 9.59 Å². The number of methoxy groups -OCH3 is 1. The van der Waals surface area contributed by atoms with E-state index in [-0.39, 0.29) is 23.8 Å². The van der Waals surface area contributed by atoms with Gasteiger partial charge in [-0.05, 0) is 12.8 Å². The van der Waals surface area contributed by atoms with Crippen molar-refractivity contribution in [3.05, 3.63) is 0 Å². The number of carbonyl (C=O) groups is 2. The van der Waals surface area contributed by atoms with Gasteiger partial charge >= 0.3 is 5.97 Å².